The van der Waals surface area contributed by atoms with Crippen LogP contribution in [0.25, 0.3) is 0 Å². The summed E-state index contributed by atoms with van der Waals surface area (Å²) in [5.41, 5.74) is 0.554. The predicted octanol–water partition coefficient (Wildman–Crippen LogP) is 3.79. The number of hydrogen-bond donors (Lipinski definition) is 1. The molecule has 0 saturated carbocycles. The first kappa shape index (κ1) is 14.2. The topological polar surface area (TPSA) is 51.8 Å². The van der Waals surface area contributed by atoms with Gasteiger partial charge in [0.2, 0.25) is 0 Å². The van der Waals surface area contributed by atoms with Gasteiger partial charge >= 0.3 is 0 Å². The fourth-order valence-electron chi connectivity index (χ4n) is 1.75. The second-order valence-electron chi connectivity index (χ2n) is 3.77. The number of halogens is 2. The molecule has 1 N–H and O–H groups in total. The van der Waals surface area contributed by atoms with Gasteiger partial charge in [-0.05, 0) is 39.7 Å². The van der Waals surface area contributed by atoms with Crippen molar-refractivity contribution in [3.05, 3.63) is 45.3 Å². The van der Waals surface area contributed by atoms with Crippen LogP contribution in [0.15, 0.2) is 33.4 Å². The standard InChI is InChI=1S/C13H12BrClO4/c1-17-10-6-7(5-9(15)13(10)18-2)11(16)12-8(14)3-4-19-12/h3-6,11,16H,1-2H3. The van der Waals surface area contributed by atoms with Crippen LogP contribution in [0.2, 0.25) is 5.02 Å². The maximum absolute atomic E-state index is 10.3. The van der Waals surface area contributed by atoms with Gasteiger partial charge in [0, 0.05) is 0 Å². The number of methoxy groups -OCH3 is 2. The van der Waals surface area contributed by atoms with E-state index in [0.29, 0.717) is 32.3 Å². The summed E-state index contributed by atoms with van der Waals surface area (Å²) in [4.78, 5) is 0. The van der Waals surface area contributed by atoms with E-state index in [1.54, 1.807) is 18.2 Å². The second kappa shape index (κ2) is 5.86. The lowest BCUT2D eigenvalue weighted by atomic mass is 10.1. The summed E-state index contributed by atoms with van der Waals surface area (Å²) < 4.78 is 16.3. The highest BCUT2D eigenvalue weighted by molar-refractivity contribution is 9.10. The number of furan rings is 1. The molecule has 0 spiro atoms. The minimum absolute atomic E-state index is 0.360. The molecule has 0 saturated heterocycles. The molecular weight excluding hydrogens is 335 g/mol. The maximum Gasteiger partial charge on any atom is 0.179 e. The SMILES string of the molecule is COc1cc(C(O)c2occc2Br)cc(Cl)c1OC. The molecule has 0 aliphatic heterocycles. The lowest BCUT2D eigenvalue weighted by Gasteiger charge is -2.14. The molecule has 0 aliphatic rings. The van der Waals surface area contributed by atoms with Crippen molar-refractivity contribution in [2.24, 2.45) is 0 Å². The van der Waals surface area contributed by atoms with Gasteiger partial charge in [-0.2, -0.15) is 0 Å². The highest BCUT2D eigenvalue weighted by atomic mass is 79.9. The first-order valence-corrected chi connectivity index (χ1v) is 6.58. The second-order valence-corrected chi connectivity index (χ2v) is 5.04. The largest absolute Gasteiger partial charge is 0.493 e. The van der Waals surface area contributed by atoms with E-state index < -0.39 is 6.10 Å². The zero-order valence-electron chi connectivity index (χ0n) is 10.3. The molecule has 6 heteroatoms. The van der Waals surface area contributed by atoms with Crippen LogP contribution < -0.4 is 9.47 Å². The Morgan fingerprint density at radius 1 is 1.32 bits per heavy atom. The zero-order chi connectivity index (χ0) is 14.0. The van der Waals surface area contributed by atoms with Gasteiger partial charge in [0.25, 0.3) is 0 Å². The van der Waals surface area contributed by atoms with E-state index in [2.05, 4.69) is 15.9 Å². The normalized spacial score (nSPS) is 12.3. The van der Waals surface area contributed by atoms with E-state index in [1.165, 1.54) is 20.5 Å². The highest BCUT2D eigenvalue weighted by Gasteiger charge is 2.21. The Morgan fingerprint density at radius 2 is 2.05 bits per heavy atom. The van der Waals surface area contributed by atoms with Gasteiger partial charge in [0.05, 0.1) is 30.0 Å². The molecule has 1 heterocycles. The average molecular weight is 348 g/mol. The first-order valence-electron chi connectivity index (χ1n) is 5.40. The van der Waals surface area contributed by atoms with Gasteiger partial charge in [-0.25, -0.2) is 0 Å². The number of ether oxygens (including phenoxy) is 2. The van der Waals surface area contributed by atoms with E-state index in [0.717, 1.165) is 0 Å². The number of hydrogen-bond acceptors (Lipinski definition) is 4. The lowest BCUT2D eigenvalue weighted by Crippen LogP contribution is -2.01. The summed E-state index contributed by atoms with van der Waals surface area (Å²) in [6.07, 6.45) is 0.548. The Labute approximate surface area is 124 Å². The van der Waals surface area contributed by atoms with E-state index in [9.17, 15) is 5.11 Å². The van der Waals surface area contributed by atoms with Gasteiger partial charge in [-0.1, -0.05) is 11.6 Å². The smallest absolute Gasteiger partial charge is 0.179 e. The number of benzene rings is 1. The Morgan fingerprint density at radius 3 is 2.58 bits per heavy atom. The highest BCUT2D eigenvalue weighted by Crippen LogP contribution is 2.39. The Balaban J connectivity index is 2.46. The third-order valence-electron chi connectivity index (χ3n) is 2.66. The van der Waals surface area contributed by atoms with Crippen molar-refractivity contribution in [2.75, 3.05) is 14.2 Å². The molecule has 0 aliphatic carbocycles. The molecule has 2 rings (SSSR count). The molecule has 1 aromatic heterocycles. The Kier molecular flexibility index (Phi) is 4.39. The molecule has 1 atom stereocenters. The molecule has 1 unspecified atom stereocenters. The fourth-order valence-corrected chi connectivity index (χ4v) is 2.46. The summed E-state index contributed by atoms with van der Waals surface area (Å²) in [6, 6.07) is 4.98. The van der Waals surface area contributed by atoms with Crippen molar-refractivity contribution >= 4 is 27.5 Å². The monoisotopic (exact) mass is 346 g/mol. The van der Waals surface area contributed by atoms with Crippen molar-refractivity contribution < 1.29 is 19.0 Å². The van der Waals surface area contributed by atoms with Crippen LogP contribution >= 0.6 is 27.5 Å². The van der Waals surface area contributed by atoms with E-state index >= 15 is 0 Å². The molecule has 0 fully saturated rings. The fraction of sp³-hybridized carbons (Fsp3) is 0.231. The molecule has 2 aromatic rings. The first-order chi connectivity index (χ1) is 9.08. The van der Waals surface area contributed by atoms with Crippen molar-refractivity contribution in [3.8, 4) is 11.5 Å². The van der Waals surface area contributed by atoms with Gasteiger partial charge < -0.3 is 19.0 Å². The van der Waals surface area contributed by atoms with E-state index in [-0.39, 0.29) is 0 Å². The molecule has 102 valence electrons. The van der Waals surface area contributed by atoms with Crippen molar-refractivity contribution in [2.45, 2.75) is 6.10 Å². The van der Waals surface area contributed by atoms with E-state index in [4.69, 9.17) is 25.5 Å². The summed E-state index contributed by atoms with van der Waals surface area (Å²) in [6.45, 7) is 0. The summed E-state index contributed by atoms with van der Waals surface area (Å²) >= 11 is 9.40. The molecule has 19 heavy (non-hydrogen) atoms. The van der Waals surface area contributed by atoms with Crippen LogP contribution in [-0.4, -0.2) is 19.3 Å². The Hall–Kier alpha value is -1.17. The van der Waals surface area contributed by atoms with Crippen molar-refractivity contribution in [1.29, 1.82) is 0 Å². The van der Waals surface area contributed by atoms with Crippen molar-refractivity contribution in [1.82, 2.24) is 0 Å². The quantitative estimate of drug-likeness (QED) is 0.914. The van der Waals surface area contributed by atoms with Gasteiger partial charge in [-0.3, -0.25) is 0 Å². The lowest BCUT2D eigenvalue weighted by molar-refractivity contribution is 0.187. The third kappa shape index (κ3) is 2.73. The average Bonchev–Trinajstić information content (AvgIpc) is 2.83. The van der Waals surface area contributed by atoms with Crippen molar-refractivity contribution in [3.63, 3.8) is 0 Å². The zero-order valence-corrected chi connectivity index (χ0v) is 12.7. The minimum Gasteiger partial charge on any atom is -0.493 e. The molecule has 4 nitrogen and oxygen atoms in total. The molecule has 0 bridgehead atoms. The molecule has 0 radical (unpaired) electrons. The summed E-state index contributed by atoms with van der Waals surface area (Å²) in [7, 11) is 3.01. The molecule has 1 aromatic carbocycles. The van der Waals surface area contributed by atoms with Crippen LogP contribution in [0, 0.1) is 0 Å². The van der Waals surface area contributed by atoms with Gasteiger partial charge in [-0.15, -0.1) is 0 Å². The third-order valence-corrected chi connectivity index (χ3v) is 3.60. The van der Waals surface area contributed by atoms with Gasteiger partial charge in [0.15, 0.2) is 17.3 Å². The van der Waals surface area contributed by atoms with Gasteiger partial charge in [0.1, 0.15) is 6.10 Å². The van der Waals surface area contributed by atoms with E-state index in [1.807, 2.05) is 0 Å². The van der Waals surface area contributed by atoms with Crippen LogP contribution in [0.4, 0.5) is 0 Å². The van der Waals surface area contributed by atoms with Crippen LogP contribution in [0.5, 0.6) is 11.5 Å². The van der Waals surface area contributed by atoms with Crippen LogP contribution in [0.1, 0.15) is 17.4 Å². The predicted molar refractivity (Wildman–Crippen MR) is 75.0 cm³/mol. The maximum atomic E-state index is 10.3. The van der Waals surface area contributed by atoms with Crippen LogP contribution in [0.3, 0.4) is 0 Å². The summed E-state index contributed by atoms with van der Waals surface area (Å²) in [5.74, 6) is 1.29. The number of aliphatic hydroxyl groups excluding tert-OH is 1. The molecule has 0 amide bonds. The van der Waals surface area contributed by atoms with Crippen LogP contribution in [-0.2, 0) is 0 Å². The summed E-state index contributed by atoms with van der Waals surface area (Å²) in [5, 5.41) is 10.7. The number of aliphatic hydroxyl groups is 1. The molecular formula is C13H12BrClO4. The Bertz CT molecular complexity index is 582. The minimum atomic E-state index is -0.943. The number of rotatable bonds is 4.